The van der Waals surface area contributed by atoms with E-state index in [1.54, 1.807) is 0 Å². The molecule has 2 rings (SSSR count). The third-order valence-corrected chi connectivity index (χ3v) is 3.16. The standard InChI is InChI=1S/C13H8Cl2N2O4.ClH/c14-7-1-4-12(18)9(5-7)13(19)16-11-3-2-8(17(20)21)6-10(11)15;/h1-6,18H,(H,16,19);1H. The summed E-state index contributed by atoms with van der Waals surface area (Å²) < 4.78 is 0. The Labute approximate surface area is 141 Å². The number of benzene rings is 2. The predicted octanol–water partition coefficient (Wildman–Crippen LogP) is 4.28. The number of aromatic hydroxyl groups is 1. The third kappa shape index (κ3) is 4.00. The minimum atomic E-state index is -0.634. The number of anilines is 1. The molecule has 0 aliphatic rings. The Morgan fingerprint density at radius 3 is 2.45 bits per heavy atom. The summed E-state index contributed by atoms with van der Waals surface area (Å²) in [5.74, 6) is -0.874. The largest absolute Gasteiger partial charge is 0.507 e. The molecule has 2 N–H and O–H groups in total. The lowest BCUT2D eigenvalue weighted by atomic mass is 10.2. The van der Waals surface area contributed by atoms with E-state index in [2.05, 4.69) is 5.32 Å². The van der Waals surface area contributed by atoms with Crippen molar-refractivity contribution < 1.29 is 14.8 Å². The average Bonchev–Trinajstić information content (AvgIpc) is 2.43. The summed E-state index contributed by atoms with van der Waals surface area (Å²) in [6.07, 6.45) is 0. The summed E-state index contributed by atoms with van der Waals surface area (Å²) >= 11 is 11.6. The first-order chi connectivity index (χ1) is 9.88. The summed E-state index contributed by atoms with van der Waals surface area (Å²) in [4.78, 5) is 22.0. The molecule has 0 saturated heterocycles. The summed E-state index contributed by atoms with van der Waals surface area (Å²) in [6.45, 7) is 0. The zero-order chi connectivity index (χ0) is 15.6. The summed E-state index contributed by atoms with van der Waals surface area (Å²) in [5.41, 5.74) is -0.0350. The van der Waals surface area contributed by atoms with Crippen molar-refractivity contribution in [3.8, 4) is 5.75 Å². The maximum absolute atomic E-state index is 12.0. The van der Waals surface area contributed by atoms with E-state index in [-0.39, 0.29) is 45.1 Å². The molecular formula is C13H9Cl3N2O4. The van der Waals surface area contributed by atoms with Crippen molar-refractivity contribution in [1.29, 1.82) is 0 Å². The number of hydrogen-bond donors (Lipinski definition) is 2. The van der Waals surface area contributed by atoms with Gasteiger partial charge in [0.2, 0.25) is 0 Å². The number of nitro benzene ring substituents is 1. The minimum Gasteiger partial charge on any atom is -0.507 e. The fourth-order valence-corrected chi connectivity index (χ4v) is 1.99. The van der Waals surface area contributed by atoms with Gasteiger partial charge < -0.3 is 10.4 Å². The van der Waals surface area contributed by atoms with Crippen LogP contribution in [-0.4, -0.2) is 15.9 Å². The predicted molar refractivity (Wildman–Crippen MR) is 86.4 cm³/mol. The second kappa shape index (κ2) is 7.31. The van der Waals surface area contributed by atoms with Crippen LogP contribution in [0.3, 0.4) is 0 Å². The van der Waals surface area contributed by atoms with Crippen LogP contribution < -0.4 is 5.32 Å². The number of amides is 1. The Kier molecular flexibility index (Phi) is 5.99. The van der Waals surface area contributed by atoms with Crippen molar-refractivity contribution in [2.45, 2.75) is 0 Å². The molecule has 6 nitrogen and oxygen atoms in total. The van der Waals surface area contributed by atoms with Gasteiger partial charge in [0, 0.05) is 17.2 Å². The molecular weight excluding hydrogens is 355 g/mol. The van der Waals surface area contributed by atoms with Crippen LogP contribution in [0.4, 0.5) is 11.4 Å². The van der Waals surface area contributed by atoms with Crippen molar-refractivity contribution in [2.75, 3.05) is 5.32 Å². The summed E-state index contributed by atoms with van der Waals surface area (Å²) in [7, 11) is 0. The van der Waals surface area contributed by atoms with Gasteiger partial charge in [0.05, 0.1) is 21.2 Å². The van der Waals surface area contributed by atoms with Gasteiger partial charge in [-0.3, -0.25) is 14.9 Å². The number of nitro groups is 1. The van der Waals surface area contributed by atoms with E-state index in [0.29, 0.717) is 0 Å². The lowest BCUT2D eigenvalue weighted by molar-refractivity contribution is -0.384. The number of rotatable bonds is 3. The fraction of sp³-hybridized carbons (Fsp3) is 0. The molecule has 2 aromatic carbocycles. The molecule has 0 spiro atoms. The van der Waals surface area contributed by atoms with Crippen LogP contribution in [0.1, 0.15) is 10.4 Å². The third-order valence-electron chi connectivity index (χ3n) is 2.61. The van der Waals surface area contributed by atoms with Crippen molar-refractivity contribution in [3.05, 3.63) is 62.1 Å². The van der Waals surface area contributed by atoms with E-state index in [1.807, 2.05) is 0 Å². The molecule has 0 saturated carbocycles. The van der Waals surface area contributed by atoms with E-state index in [0.717, 1.165) is 6.07 Å². The van der Waals surface area contributed by atoms with Crippen LogP contribution in [0.15, 0.2) is 36.4 Å². The second-order valence-corrected chi connectivity index (χ2v) is 4.88. The van der Waals surface area contributed by atoms with Crippen LogP contribution in [0.5, 0.6) is 5.75 Å². The highest BCUT2D eigenvalue weighted by Gasteiger charge is 2.15. The molecule has 0 fully saturated rings. The number of phenolic OH excluding ortho intramolecular Hbond substituents is 1. The van der Waals surface area contributed by atoms with Crippen LogP contribution in [0, 0.1) is 10.1 Å². The van der Waals surface area contributed by atoms with Crippen molar-refractivity contribution in [1.82, 2.24) is 0 Å². The monoisotopic (exact) mass is 362 g/mol. The zero-order valence-electron chi connectivity index (χ0n) is 10.7. The number of nitrogens with zero attached hydrogens (tertiary/aromatic N) is 1. The van der Waals surface area contributed by atoms with Crippen LogP contribution in [-0.2, 0) is 0 Å². The molecule has 0 aromatic heterocycles. The first kappa shape index (κ1) is 18.0. The van der Waals surface area contributed by atoms with Gasteiger partial charge in [0.25, 0.3) is 11.6 Å². The second-order valence-electron chi connectivity index (χ2n) is 4.04. The Bertz CT molecular complexity index is 737. The van der Waals surface area contributed by atoms with E-state index in [1.165, 1.54) is 30.3 Å². The molecule has 1 amide bonds. The maximum Gasteiger partial charge on any atom is 0.271 e. The van der Waals surface area contributed by atoms with Crippen molar-refractivity contribution in [2.24, 2.45) is 0 Å². The summed E-state index contributed by atoms with van der Waals surface area (Å²) in [6, 6.07) is 7.65. The van der Waals surface area contributed by atoms with Crippen LogP contribution in [0.25, 0.3) is 0 Å². The smallest absolute Gasteiger partial charge is 0.271 e. The lowest BCUT2D eigenvalue weighted by Crippen LogP contribution is -2.12. The molecule has 0 aliphatic carbocycles. The SMILES string of the molecule is Cl.O=C(Nc1ccc([N+](=O)[O-])cc1Cl)c1cc(Cl)ccc1O. The fourth-order valence-electron chi connectivity index (χ4n) is 1.60. The molecule has 2 aromatic rings. The highest BCUT2D eigenvalue weighted by atomic mass is 35.5. The van der Waals surface area contributed by atoms with Gasteiger partial charge in [-0.1, -0.05) is 23.2 Å². The molecule has 0 unspecified atom stereocenters. The number of carbonyl (C=O) groups excluding carboxylic acids is 1. The van der Waals surface area contributed by atoms with E-state index >= 15 is 0 Å². The topological polar surface area (TPSA) is 92.5 Å². The number of carbonyl (C=O) groups is 1. The van der Waals surface area contributed by atoms with Crippen LogP contribution in [0.2, 0.25) is 10.0 Å². The average molecular weight is 364 g/mol. The molecule has 0 radical (unpaired) electrons. The van der Waals surface area contributed by atoms with Gasteiger partial charge in [0.1, 0.15) is 5.75 Å². The normalized spacial score (nSPS) is 9.73. The lowest BCUT2D eigenvalue weighted by Gasteiger charge is -2.08. The van der Waals surface area contributed by atoms with Gasteiger partial charge in [-0.25, -0.2) is 0 Å². The van der Waals surface area contributed by atoms with Gasteiger partial charge in [-0.2, -0.15) is 0 Å². The number of halogens is 3. The number of non-ortho nitro benzene ring substituents is 1. The first-order valence-corrected chi connectivity index (χ1v) is 6.38. The van der Waals surface area contributed by atoms with Gasteiger partial charge in [0.15, 0.2) is 0 Å². The molecule has 22 heavy (non-hydrogen) atoms. The highest BCUT2D eigenvalue weighted by Crippen LogP contribution is 2.28. The van der Waals surface area contributed by atoms with Crippen LogP contribution >= 0.6 is 35.6 Å². The molecule has 0 heterocycles. The van der Waals surface area contributed by atoms with Crippen molar-refractivity contribution in [3.63, 3.8) is 0 Å². The maximum atomic E-state index is 12.0. The number of hydrogen-bond acceptors (Lipinski definition) is 4. The van der Waals surface area contributed by atoms with E-state index in [9.17, 15) is 20.0 Å². The van der Waals surface area contributed by atoms with Crippen molar-refractivity contribution >= 4 is 52.9 Å². The molecule has 9 heteroatoms. The Morgan fingerprint density at radius 1 is 1.18 bits per heavy atom. The number of phenols is 1. The minimum absolute atomic E-state index is 0. The number of nitrogens with one attached hydrogen (secondary N) is 1. The quantitative estimate of drug-likeness (QED) is 0.629. The van der Waals surface area contributed by atoms with Gasteiger partial charge in [-0.05, 0) is 24.3 Å². The molecule has 0 atom stereocenters. The van der Waals surface area contributed by atoms with Gasteiger partial charge >= 0.3 is 0 Å². The zero-order valence-corrected chi connectivity index (χ0v) is 13.1. The van der Waals surface area contributed by atoms with E-state index in [4.69, 9.17) is 23.2 Å². The Balaban J connectivity index is 0.00000242. The molecule has 0 bridgehead atoms. The van der Waals surface area contributed by atoms with Gasteiger partial charge in [-0.15, -0.1) is 12.4 Å². The first-order valence-electron chi connectivity index (χ1n) is 5.62. The molecule has 116 valence electrons. The Hall–Kier alpha value is -2.02. The van der Waals surface area contributed by atoms with E-state index < -0.39 is 10.8 Å². The summed E-state index contributed by atoms with van der Waals surface area (Å²) in [5, 5.41) is 23.0. The Morgan fingerprint density at radius 2 is 1.86 bits per heavy atom. The highest BCUT2D eigenvalue weighted by molar-refractivity contribution is 6.34. The molecule has 0 aliphatic heterocycles.